The van der Waals surface area contributed by atoms with Gasteiger partial charge in [0.15, 0.2) is 0 Å². The first-order valence-corrected chi connectivity index (χ1v) is 3.94. The fourth-order valence-corrected chi connectivity index (χ4v) is 1.39. The van der Waals surface area contributed by atoms with Crippen LogP contribution in [0.2, 0.25) is 0 Å². The van der Waals surface area contributed by atoms with Crippen LogP contribution in [0, 0.1) is 0 Å². The molecule has 1 fully saturated rings. The lowest BCUT2D eigenvalue weighted by Gasteiger charge is -2.24. The van der Waals surface area contributed by atoms with Crippen LogP contribution in [-0.4, -0.2) is 36.2 Å². The molecule has 0 aromatic rings. The zero-order valence-corrected chi connectivity index (χ0v) is 6.93. The monoisotopic (exact) mass is 140 g/mol. The molecule has 1 aliphatic rings. The lowest BCUT2D eigenvalue weighted by molar-refractivity contribution is 0.0388. The van der Waals surface area contributed by atoms with Crippen LogP contribution in [0.25, 0.3) is 0 Å². The largest absolute Gasteiger partial charge is 0.238 e. The summed E-state index contributed by atoms with van der Waals surface area (Å²) in [6.45, 7) is 12.7. The third-order valence-electron chi connectivity index (χ3n) is 1.94. The summed E-state index contributed by atoms with van der Waals surface area (Å²) in [7, 11) is 0. The number of likely N-dealkylation sites (N-methyl/N-ethyl adjacent to an activating group) is 2. The molecule has 0 N–H and O–H groups in total. The maximum absolute atomic E-state index is 3.97. The van der Waals surface area contributed by atoms with E-state index in [9.17, 15) is 0 Å². The molecule has 2 heteroatoms. The first kappa shape index (κ1) is 7.76. The molecule has 0 unspecified atom stereocenters. The van der Waals surface area contributed by atoms with Crippen molar-refractivity contribution >= 4 is 0 Å². The molecule has 0 amide bonds. The third-order valence-corrected chi connectivity index (χ3v) is 1.94. The van der Waals surface area contributed by atoms with Gasteiger partial charge in [0.1, 0.15) is 0 Å². The van der Waals surface area contributed by atoms with Crippen LogP contribution in [0.4, 0.5) is 0 Å². The smallest absolute Gasteiger partial charge is 0.0353 e. The van der Waals surface area contributed by atoms with Gasteiger partial charge >= 0.3 is 0 Å². The molecular formula is C8H16N2. The van der Waals surface area contributed by atoms with Crippen molar-refractivity contribution in [2.45, 2.75) is 13.8 Å². The van der Waals surface area contributed by atoms with Crippen LogP contribution in [0.15, 0.2) is 12.2 Å². The Labute approximate surface area is 63.1 Å². The van der Waals surface area contributed by atoms with Gasteiger partial charge in [-0.15, -0.1) is 0 Å². The fourth-order valence-electron chi connectivity index (χ4n) is 1.39. The van der Waals surface area contributed by atoms with Crippen LogP contribution >= 0.6 is 0 Å². The molecule has 1 rings (SSSR count). The summed E-state index contributed by atoms with van der Waals surface area (Å²) in [5.74, 6) is 0. The average molecular weight is 140 g/mol. The molecule has 0 radical (unpaired) electrons. The minimum atomic E-state index is 1.06. The average Bonchev–Trinajstić information content (AvgIpc) is 2.30. The molecule has 58 valence electrons. The van der Waals surface area contributed by atoms with E-state index in [1.807, 2.05) is 0 Å². The molecule has 0 aliphatic carbocycles. The number of rotatable bonds is 2. The molecule has 2 nitrogen and oxygen atoms in total. The summed E-state index contributed by atoms with van der Waals surface area (Å²) in [4.78, 5) is 0. The highest BCUT2D eigenvalue weighted by Crippen LogP contribution is 2.12. The van der Waals surface area contributed by atoms with Gasteiger partial charge < -0.3 is 0 Å². The summed E-state index contributed by atoms with van der Waals surface area (Å²) in [5, 5.41) is 4.67. The molecule has 0 aromatic carbocycles. The van der Waals surface area contributed by atoms with Crippen molar-refractivity contribution in [2.75, 3.05) is 26.2 Å². The van der Waals surface area contributed by atoms with E-state index in [1.54, 1.807) is 0 Å². The Morgan fingerprint density at radius 3 is 1.90 bits per heavy atom. The van der Waals surface area contributed by atoms with E-state index in [0.29, 0.717) is 0 Å². The van der Waals surface area contributed by atoms with Crippen molar-refractivity contribution in [2.24, 2.45) is 0 Å². The lowest BCUT2D eigenvalue weighted by atomic mass is 10.3. The van der Waals surface area contributed by atoms with E-state index >= 15 is 0 Å². The van der Waals surface area contributed by atoms with Crippen molar-refractivity contribution in [1.29, 1.82) is 0 Å². The van der Waals surface area contributed by atoms with Gasteiger partial charge in [-0.2, -0.15) is 0 Å². The number of hydrogen-bond acceptors (Lipinski definition) is 2. The van der Waals surface area contributed by atoms with E-state index in [4.69, 9.17) is 0 Å². The van der Waals surface area contributed by atoms with E-state index in [-0.39, 0.29) is 0 Å². The van der Waals surface area contributed by atoms with E-state index < -0.39 is 0 Å². The van der Waals surface area contributed by atoms with Gasteiger partial charge in [0.2, 0.25) is 0 Å². The van der Waals surface area contributed by atoms with Crippen molar-refractivity contribution in [3.63, 3.8) is 0 Å². The Morgan fingerprint density at radius 2 is 1.60 bits per heavy atom. The van der Waals surface area contributed by atoms with Crippen LogP contribution in [0.5, 0.6) is 0 Å². The second-order valence-electron chi connectivity index (χ2n) is 2.71. The van der Waals surface area contributed by atoms with Gasteiger partial charge in [0.05, 0.1) is 0 Å². The number of nitrogens with zero attached hydrogens (tertiary/aromatic N) is 2. The van der Waals surface area contributed by atoms with Crippen molar-refractivity contribution in [3.8, 4) is 0 Å². The van der Waals surface area contributed by atoms with E-state index in [2.05, 4.69) is 30.4 Å². The highest BCUT2D eigenvalue weighted by molar-refractivity contribution is 5.04. The molecular weight excluding hydrogens is 124 g/mol. The lowest BCUT2D eigenvalue weighted by Crippen LogP contribution is -2.35. The predicted octanol–water partition coefficient (Wildman–Crippen LogP) is 1.11. The molecule has 1 heterocycles. The highest BCUT2D eigenvalue weighted by atomic mass is 15.6. The van der Waals surface area contributed by atoms with Crippen molar-refractivity contribution in [1.82, 2.24) is 10.0 Å². The summed E-state index contributed by atoms with van der Waals surface area (Å²) in [5.41, 5.74) is 1.34. The van der Waals surface area contributed by atoms with E-state index in [0.717, 1.165) is 26.2 Å². The molecule has 10 heavy (non-hydrogen) atoms. The maximum atomic E-state index is 3.97. The molecule has 1 aliphatic heterocycles. The van der Waals surface area contributed by atoms with E-state index in [1.165, 1.54) is 5.57 Å². The van der Waals surface area contributed by atoms with Crippen LogP contribution in [0.3, 0.4) is 0 Å². The summed E-state index contributed by atoms with van der Waals surface area (Å²) in [6, 6.07) is 0. The Hall–Kier alpha value is -0.340. The Bertz CT molecular complexity index is 117. The number of hydrazine groups is 1. The van der Waals surface area contributed by atoms with Gasteiger partial charge in [-0.25, -0.2) is 10.0 Å². The highest BCUT2D eigenvalue weighted by Gasteiger charge is 2.20. The van der Waals surface area contributed by atoms with Crippen molar-refractivity contribution < 1.29 is 0 Å². The first-order valence-electron chi connectivity index (χ1n) is 3.94. The Morgan fingerprint density at radius 1 is 1.20 bits per heavy atom. The Balaban J connectivity index is 2.48. The van der Waals surface area contributed by atoms with Gasteiger partial charge in [-0.1, -0.05) is 20.4 Å². The number of hydrogen-bond donors (Lipinski definition) is 0. The summed E-state index contributed by atoms with van der Waals surface area (Å²) >= 11 is 0. The fraction of sp³-hybridized carbons (Fsp3) is 0.750. The van der Waals surface area contributed by atoms with Crippen molar-refractivity contribution in [3.05, 3.63) is 12.2 Å². The van der Waals surface area contributed by atoms with Crippen LogP contribution < -0.4 is 0 Å². The van der Waals surface area contributed by atoms with Gasteiger partial charge in [-0.3, -0.25) is 0 Å². The molecule has 0 aromatic heterocycles. The Kier molecular flexibility index (Phi) is 2.46. The van der Waals surface area contributed by atoms with Crippen LogP contribution in [-0.2, 0) is 0 Å². The standard InChI is InChI=1S/C8H16N2/c1-4-9-6-8(3)7-10(9)5-2/h3-7H2,1-2H3. The first-order chi connectivity index (χ1) is 4.77. The zero-order valence-electron chi connectivity index (χ0n) is 6.93. The molecule has 0 bridgehead atoms. The van der Waals surface area contributed by atoms with Gasteiger partial charge in [0.25, 0.3) is 0 Å². The normalized spacial score (nSPS) is 22.4. The van der Waals surface area contributed by atoms with Crippen LogP contribution in [0.1, 0.15) is 13.8 Å². The maximum Gasteiger partial charge on any atom is 0.0353 e. The van der Waals surface area contributed by atoms with Gasteiger partial charge in [0, 0.05) is 26.2 Å². The predicted molar refractivity (Wildman–Crippen MR) is 43.6 cm³/mol. The summed E-state index contributed by atoms with van der Waals surface area (Å²) in [6.07, 6.45) is 0. The third kappa shape index (κ3) is 1.39. The minimum absolute atomic E-state index is 1.06. The second kappa shape index (κ2) is 3.17. The second-order valence-corrected chi connectivity index (χ2v) is 2.71. The topological polar surface area (TPSA) is 6.48 Å². The quantitative estimate of drug-likeness (QED) is 0.530. The molecule has 1 saturated heterocycles. The minimum Gasteiger partial charge on any atom is -0.238 e. The molecule has 0 atom stereocenters. The van der Waals surface area contributed by atoms with Gasteiger partial charge in [-0.05, 0) is 5.57 Å². The zero-order chi connectivity index (χ0) is 7.56. The molecule has 0 spiro atoms. The molecule has 0 saturated carbocycles. The summed E-state index contributed by atoms with van der Waals surface area (Å²) < 4.78 is 0. The SMILES string of the molecule is C=C1CN(CC)N(CC)C1.